The Morgan fingerprint density at radius 1 is 1.12 bits per heavy atom. The lowest BCUT2D eigenvalue weighted by atomic mass is 10.2. The molecule has 0 aliphatic heterocycles. The van der Waals surface area contributed by atoms with Gasteiger partial charge in [0.05, 0.1) is 25.1 Å². The predicted octanol–water partition coefficient (Wildman–Crippen LogP) is 2.90. The number of benzene rings is 1. The van der Waals surface area contributed by atoms with Crippen LogP contribution in [0.2, 0.25) is 0 Å². The molecule has 0 radical (unpaired) electrons. The van der Waals surface area contributed by atoms with Crippen molar-refractivity contribution in [2.24, 2.45) is 5.73 Å². The zero-order valence-electron chi connectivity index (χ0n) is 15.3. The Balaban J connectivity index is 2.39. The number of aromatic nitrogens is 2. The monoisotopic (exact) mass is 381 g/mol. The van der Waals surface area contributed by atoms with E-state index in [4.69, 9.17) is 24.4 Å². The zero-order valence-corrected chi connectivity index (χ0v) is 16.1. The van der Waals surface area contributed by atoms with Crippen LogP contribution in [0.4, 0.5) is 0 Å². The molecule has 2 rings (SSSR count). The number of carbonyl (C=O) groups is 1. The number of hydrogen-bond acceptors (Lipinski definition) is 8. The number of thioether (sulfide) groups is 1. The van der Waals surface area contributed by atoms with Crippen LogP contribution in [-0.4, -0.2) is 41.2 Å². The van der Waals surface area contributed by atoms with E-state index < -0.39 is 11.2 Å². The van der Waals surface area contributed by atoms with E-state index in [-0.39, 0.29) is 11.1 Å². The van der Waals surface area contributed by atoms with E-state index in [2.05, 4.69) is 10.2 Å². The third kappa shape index (κ3) is 4.81. The Morgan fingerprint density at radius 3 is 2.19 bits per heavy atom. The molecule has 0 aliphatic carbocycles. The lowest BCUT2D eigenvalue weighted by molar-refractivity contribution is -0.117. The maximum Gasteiger partial charge on any atom is 0.277 e. The van der Waals surface area contributed by atoms with Crippen molar-refractivity contribution in [1.82, 2.24) is 10.2 Å². The molecular weight excluding hydrogens is 358 g/mol. The smallest absolute Gasteiger partial charge is 0.277 e. The Labute approximate surface area is 156 Å². The van der Waals surface area contributed by atoms with Gasteiger partial charge in [-0.3, -0.25) is 4.79 Å². The van der Waals surface area contributed by atoms with Crippen molar-refractivity contribution < 1.29 is 23.4 Å². The lowest BCUT2D eigenvalue weighted by Crippen LogP contribution is -2.22. The van der Waals surface area contributed by atoms with E-state index in [1.165, 1.54) is 0 Å². The van der Waals surface area contributed by atoms with E-state index in [9.17, 15) is 4.79 Å². The largest absolute Gasteiger partial charge is 0.490 e. The number of ether oxygens (including phenoxy) is 3. The van der Waals surface area contributed by atoms with Crippen molar-refractivity contribution in [2.75, 3.05) is 19.8 Å². The summed E-state index contributed by atoms with van der Waals surface area (Å²) in [6.07, 6.45) is 0. The molecule has 1 unspecified atom stereocenters. The molecule has 0 bridgehead atoms. The first-order valence-electron chi connectivity index (χ1n) is 8.36. The van der Waals surface area contributed by atoms with Crippen LogP contribution < -0.4 is 19.9 Å². The minimum atomic E-state index is -0.471. The Bertz CT molecular complexity index is 723. The Hall–Kier alpha value is -2.42. The van der Waals surface area contributed by atoms with Crippen molar-refractivity contribution in [3.8, 4) is 28.7 Å². The van der Waals surface area contributed by atoms with Gasteiger partial charge in [0.1, 0.15) is 0 Å². The first-order valence-corrected chi connectivity index (χ1v) is 9.24. The van der Waals surface area contributed by atoms with Crippen molar-refractivity contribution in [3.05, 3.63) is 12.1 Å². The number of nitrogens with two attached hydrogens (primary N) is 1. The summed E-state index contributed by atoms with van der Waals surface area (Å²) in [6, 6.07) is 3.52. The van der Waals surface area contributed by atoms with Gasteiger partial charge in [-0.25, -0.2) is 0 Å². The summed E-state index contributed by atoms with van der Waals surface area (Å²) >= 11 is 1.11. The van der Waals surface area contributed by atoms with E-state index in [0.29, 0.717) is 42.6 Å². The van der Waals surface area contributed by atoms with Gasteiger partial charge in [-0.05, 0) is 39.8 Å². The van der Waals surface area contributed by atoms with Gasteiger partial charge in [-0.15, -0.1) is 10.2 Å². The topological polar surface area (TPSA) is 110 Å². The molecule has 1 atom stereocenters. The molecule has 0 saturated carbocycles. The molecule has 0 saturated heterocycles. The summed E-state index contributed by atoms with van der Waals surface area (Å²) in [7, 11) is 0. The predicted molar refractivity (Wildman–Crippen MR) is 97.8 cm³/mol. The maximum atomic E-state index is 11.2. The fourth-order valence-corrected chi connectivity index (χ4v) is 2.73. The molecule has 1 amide bonds. The van der Waals surface area contributed by atoms with Gasteiger partial charge < -0.3 is 24.4 Å². The first-order chi connectivity index (χ1) is 12.5. The minimum Gasteiger partial charge on any atom is -0.490 e. The average molecular weight is 381 g/mol. The van der Waals surface area contributed by atoms with E-state index >= 15 is 0 Å². The summed E-state index contributed by atoms with van der Waals surface area (Å²) in [4.78, 5) is 11.2. The summed E-state index contributed by atoms with van der Waals surface area (Å²) in [5, 5.41) is 7.78. The molecule has 26 heavy (non-hydrogen) atoms. The zero-order chi connectivity index (χ0) is 19.1. The van der Waals surface area contributed by atoms with E-state index in [0.717, 1.165) is 11.8 Å². The molecule has 9 heteroatoms. The second-order valence-electron chi connectivity index (χ2n) is 5.14. The van der Waals surface area contributed by atoms with Gasteiger partial charge in [0.25, 0.3) is 5.22 Å². The summed E-state index contributed by atoms with van der Waals surface area (Å²) < 4.78 is 22.7. The van der Waals surface area contributed by atoms with Crippen LogP contribution in [0.25, 0.3) is 11.5 Å². The molecule has 2 aromatic rings. The van der Waals surface area contributed by atoms with Crippen molar-refractivity contribution in [3.63, 3.8) is 0 Å². The second kappa shape index (κ2) is 9.33. The minimum absolute atomic E-state index is 0.260. The molecule has 1 aromatic heterocycles. The molecule has 0 spiro atoms. The van der Waals surface area contributed by atoms with Crippen molar-refractivity contribution in [2.45, 2.75) is 38.2 Å². The highest BCUT2D eigenvalue weighted by atomic mass is 32.2. The standard InChI is InChI=1S/C17H23N3O5S/c1-5-22-12-8-11(9-13(23-6-2)14(12)24-7-3)16-19-20-17(25-16)26-10(4)15(18)21/h8-10H,5-7H2,1-4H3,(H2,18,21). The molecule has 8 nitrogen and oxygen atoms in total. The second-order valence-corrected chi connectivity index (χ2v) is 6.43. The summed E-state index contributed by atoms with van der Waals surface area (Å²) in [5.41, 5.74) is 5.89. The quantitative estimate of drug-likeness (QED) is 0.626. The van der Waals surface area contributed by atoms with Gasteiger partial charge in [0, 0.05) is 5.56 Å². The summed E-state index contributed by atoms with van der Waals surface area (Å²) in [6.45, 7) is 8.75. The molecule has 0 fully saturated rings. The van der Waals surface area contributed by atoms with Gasteiger partial charge in [-0.1, -0.05) is 11.8 Å². The first kappa shape index (κ1) is 19.9. The number of carbonyl (C=O) groups excluding carboxylic acids is 1. The number of amides is 1. The Morgan fingerprint density at radius 2 is 1.69 bits per heavy atom. The van der Waals surface area contributed by atoms with Crippen LogP contribution in [0.15, 0.2) is 21.8 Å². The van der Waals surface area contributed by atoms with Crippen LogP contribution >= 0.6 is 11.8 Å². The highest BCUT2D eigenvalue weighted by Crippen LogP contribution is 2.42. The number of primary amides is 1. The van der Waals surface area contributed by atoms with Crippen LogP contribution in [0, 0.1) is 0 Å². The van der Waals surface area contributed by atoms with Gasteiger partial charge in [-0.2, -0.15) is 0 Å². The number of rotatable bonds is 10. The SMILES string of the molecule is CCOc1cc(-c2nnc(SC(C)C(N)=O)o2)cc(OCC)c1OCC. The maximum absolute atomic E-state index is 11.2. The number of nitrogens with zero attached hydrogens (tertiary/aromatic N) is 2. The van der Waals surface area contributed by atoms with Gasteiger partial charge >= 0.3 is 0 Å². The van der Waals surface area contributed by atoms with Crippen LogP contribution in [0.5, 0.6) is 17.2 Å². The third-order valence-corrected chi connectivity index (χ3v) is 4.19. The van der Waals surface area contributed by atoms with Gasteiger partial charge in [0.15, 0.2) is 11.5 Å². The van der Waals surface area contributed by atoms with Crippen molar-refractivity contribution in [1.29, 1.82) is 0 Å². The number of hydrogen-bond donors (Lipinski definition) is 1. The third-order valence-electron chi connectivity index (χ3n) is 3.24. The molecule has 1 heterocycles. The molecular formula is C17H23N3O5S. The lowest BCUT2D eigenvalue weighted by Gasteiger charge is -2.16. The normalized spacial score (nSPS) is 11.8. The molecule has 1 aromatic carbocycles. The van der Waals surface area contributed by atoms with Crippen LogP contribution in [0.3, 0.4) is 0 Å². The Kier molecular flexibility index (Phi) is 7.14. The highest BCUT2D eigenvalue weighted by molar-refractivity contribution is 8.00. The van der Waals surface area contributed by atoms with Gasteiger partial charge in [0.2, 0.25) is 17.5 Å². The van der Waals surface area contributed by atoms with Crippen molar-refractivity contribution >= 4 is 17.7 Å². The highest BCUT2D eigenvalue weighted by Gasteiger charge is 2.20. The van der Waals surface area contributed by atoms with E-state index in [1.54, 1.807) is 19.1 Å². The average Bonchev–Trinajstić information content (AvgIpc) is 3.06. The molecule has 142 valence electrons. The fourth-order valence-electron chi connectivity index (χ4n) is 2.10. The molecule has 2 N–H and O–H groups in total. The van der Waals surface area contributed by atoms with Crippen LogP contribution in [0.1, 0.15) is 27.7 Å². The van der Waals surface area contributed by atoms with Crippen LogP contribution in [-0.2, 0) is 4.79 Å². The summed E-state index contributed by atoms with van der Waals surface area (Å²) in [5.74, 6) is 1.44. The molecule has 0 aliphatic rings. The van der Waals surface area contributed by atoms with E-state index in [1.807, 2.05) is 20.8 Å². The fraction of sp³-hybridized carbons (Fsp3) is 0.471.